The zero-order chi connectivity index (χ0) is 13.7. The largest absolute Gasteiger partial charge is 0.387 e. The summed E-state index contributed by atoms with van der Waals surface area (Å²) >= 11 is 3.39. The van der Waals surface area contributed by atoms with E-state index >= 15 is 0 Å². The van der Waals surface area contributed by atoms with Gasteiger partial charge in [-0.25, -0.2) is 0 Å². The minimum atomic E-state index is -0.487. The number of nitrogens with one attached hydrogen (secondary N) is 1. The highest BCUT2D eigenvalue weighted by molar-refractivity contribution is 9.10. The van der Waals surface area contributed by atoms with Crippen LogP contribution in [-0.2, 0) is 0 Å². The minimum Gasteiger partial charge on any atom is -0.387 e. The Morgan fingerprint density at radius 3 is 2.26 bits per heavy atom. The third-order valence-electron chi connectivity index (χ3n) is 3.17. The minimum absolute atomic E-state index is 0.228. The molecule has 0 amide bonds. The van der Waals surface area contributed by atoms with E-state index in [9.17, 15) is 5.11 Å². The number of rotatable bonds is 5. The van der Waals surface area contributed by atoms with Crippen molar-refractivity contribution in [3.63, 3.8) is 0 Å². The molecule has 2 rings (SSSR count). The fourth-order valence-electron chi connectivity index (χ4n) is 1.95. The third kappa shape index (κ3) is 4.16. The van der Waals surface area contributed by atoms with E-state index in [0.717, 1.165) is 10.0 Å². The first-order chi connectivity index (χ1) is 9.16. The Kier molecular flexibility index (Phi) is 5.14. The summed E-state index contributed by atoms with van der Waals surface area (Å²) in [5.74, 6) is 0. The molecule has 2 aromatic rings. The maximum absolute atomic E-state index is 10.1. The number of halogens is 1. The van der Waals surface area contributed by atoms with Crippen LogP contribution >= 0.6 is 15.9 Å². The molecule has 19 heavy (non-hydrogen) atoms. The second kappa shape index (κ2) is 6.85. The standard InChI is InChI=1S/C16H18BrNO/c1-12(13-5-3-2-4-6-13)18-11-16(19)14-7-9-15(17)10-8-14/h2-10,12,16,18-19H,11H2,1H3/t12?,16-/m1/s1. The highest BCUT2D eigenvalue weighted by atomic mass is 79.9. The molecule has 0 radical (unpaired) electrons. The average Bonchev–Trinajstić information content (AvgIpc) is 2.46. The molecule has 0 saturated carbocycles. The Balaban J connectivity index is 1.90. The number of aliphatic hydroxyl groups excluding tert-OH is 1. The summed E-state index contributed by atoms with van der Waals surface area (Å²) in [4.78, 5) is 0. The van der Waals surface area contributed by atoms with Gasteiger partial charge in [0.1, 0.15) is 0 Å². The molecule has 0 aliphatic heterocycles. The molecule has 2 nitrogen and oxygen atoms in total. The van der Waals surface area contributed by atoms with E-state index in [4.69, 9.17) is 0 Å². The Labute approximate surface area is 122 Å². The van der Waals surface area contributed by atoms with Crippen LogP contribution in [0.4, 0.5) is 0 Å². The predicted molar refractivity (Wildman–Crippen MR) is 82.0 cm³/mol. The van der Waals surface area contributed by atoms with Gasteiger partial charge in [-0.2, -0.15) is 0 Å². The van der Waals surface area contributed by atoms with Gasteiger partial charge in [0, 0.05) is 17.1 Å². The van der Waals surface area contributed by atoms with Crippen molar-refractivity contribution in [3.8, 4) is 0 Å². The van der Waals surface area contributed by atoms with E-state index in [1.165, 1.54) is 5.56 Å². The molecular weight excluding hydrogens is 302 g/mol. The molecule has 0 aromatic heterocycles. The van der Waals surface area contributed by atoms with E-state index in [2.05, 4.69) is 40.3 Å². The maximum Gasteiger partial charge on any atom is 0.0914 e. The third-order valence-corrected chi connectivity index (χ3v) is 3.70. The Hall–Kier alpha value is -1.16. The molecular formula is C16H18BrNO. The summed E-state index contributed by atoms with van der Waals surface area (Å²) in [6.45, 7) is 2.64. The van der Waals surface area contributed by atoms with Crippen LogP contribution in [0.25, 0.3) is 0 Å². The van der Waals surface area contributed by atoms with Crippen LogP contribution < -0.4 is 5.32 Å². The molecule has 0 fully saturated rings. The van der Waals surface area contributed by atoms with Gasteiger partial charge >= 0.3 is 0 Å². The van der Waals surface area contributed by atoms with Crippen molar-refractivity contribution >= 4 is 15.9 Å². The average molecular weight is 320 g/mol. The fraction of sp³-hybridized carbons (Fsp3) is 0.250. The van der Waals surface area contributed by atoms with Crippen molar-refractivity contribution in [1.82, 2.24) is 5.32 Å². The monoisotopic (exact) mass is 319 g/mol. The molecule has 2 atom stereocenters. The molecule has 2 N–H and O–H groups in total. The predicted octanol–water partition coefficient (Wildman–Crippen LogP) is 3.83. The number of hydrogen-bond donors (Lipinski definition) is 2. The second-order valence-corrected chi connectivity index (χ2v) is 5.52. The lowest BCUT2D eigenvalue weighted by atomic mass is 10.1. The molecule has 100 valence electrons. The first-order valence-electron chi connectivity index (χ1n) is 6.38. The lowest BCUT2D eigenvalue weighted by Crippen LogP contribution is -2.24. The highest BCUT2D eigenvalue weighted by Gasteiger charge is 2.10. The maximum atomic E-state index is 10.1. The van der Waals surface area contributed by atoms with Crippen molar-refractivity contribution in [1.29, 1.82) is 0 Å². The van der Waals surface area contributed by atoms with E-state index in [-0.39, 0.29) is 6.04 Å². The summed E-state index contributed by atoms with van der Waals surface area (Å²) < 4.78 is 1.02. The van der Waals surface area contributed by atoms with Gasteiger partial charge in [0.05, 0.1) is 6.10 Å². The van der Waals surface area contributed by atoms with Gasteiger partial charge in [0.2, 0.25) is 0 Å². The Morgan fingerprint density at radius 1 is 1.00 bits per heavy atom. The molecule has 0 bridgehead atoms. The normalized spacial score (nSPS) is 14.1. The van der Waals surface area contributed by atoms with Crippen molar-refractivity contribution in [2.75, 3.05) is 6.54 Å². The van der Waals surface area contributed by atoms with E-state index in [1.54, 1.807) is 0 Å². The summed E-state index contributed by atoms with van der Waals surface area (Å²) in [5.41, 5.74) is 2.15. The Morgan fingerprint density at radius 2 is 1.63 bits per heavy atom. The van der Waals surface area contributed by atoms with Crippen LogP contribution in [0.3, 0.4) is 0 Å². The van der Waals surface area contributed by atoms with Crippen LogP contribution in [0, 0.1) is 0 Å². The topological polar surface area (TPSA) is 32.3 Å². The van der Waals surface area contributed by atoms with Gasteiger partial charge in [-0.1, -0.05) is 58.4 Å². The molecule has 0 spiro atoms. The summed E-state index contributed by atoms with van der Waals surface area (Å²) in [5, 5.41) is 13.5. The van der Waals surface area contributed by atoms with Crippen LogP contribution in [0.1, 0.15) is 30.2 Å². The van der Waals surface area contributed by atoms with Gasteiger partial charge < -0.3 is 10.4 Å². The molecule has 2 aromatic carbocycles. The summed E-state index contributed by atoms with van der Waals surface area (Å²) in [6.07, 6.45) is -0.487. The van der Waals surface area contributed by atoms with E-state index in [1.807, 2.05) is 42.5 Å². The zero-order valence-electron chi connectivity index (χ0n) is 10.9. The molecule has 0 aliphatic carbocycles. The van der Waals surface area contributed by atoms with Gasteiger partial charge in [0.25, 0.3) is 0 Å². The van der Waals surface area contributed by atoms with Crippen LogP contribution in [-0.4, -0.2) is 11.7 Å². The smallest absolute Gasteiger partial charge is 0.0914 e. The van der Waals surface area contributed by atoms with Gasteiger partial charge in [0.15, 0.2) is 0 Å². The number of aliphatic hydroxyl groups is 1. The zero-order valence-corrected chi connectivity index (χ0v) is 12.5. The molecule has 3 heteroatoms. The van der Waals surface area contributed by atoms with Crippen LogP contribution in [0.5, 0.6) is 0 Å². The van der Waals surface area contributed by atoms with Crippen LogP contribution in [0.2, 0.25) is 0 Å². The number of hydrogen-bond acceptors (Lipinski definition) is 2. The summed E-state index contributed by atoms with van der Waals surface area (Å²) in [6, 6.07) is 18.2. The van der Waals surface area contributed by atoms with Crippen molar-refractivity contribution in [3.05, 3.63) is 70.2 Å². The first-order valence-corrected chi connectivity index (χ1v) is 7.18. The van der Waals surface area contributed by atoms with Crippen LogP contribution in [0.15, 0.2) is 59.1 Å². The SMILES string of the molecule is CC(NC[C@@H](O)c1ccc(Br)cc1)c1ccccc1. The second-order valence-electron chi connectivity index (χ2n) is 4.61. The Bertz CT molecular complexity index is 498. The lowest BCUT2D eigenvalue weighted by Gasteiger charge is -2.17. The van der Waals surface area contributed by atoms with Gasteiger partial charge in [-0.3, -0.25) is 0 Å². The van der Waals surface area contributed by atoms with Gasteiger partial charge in [-0.15, -0.1) is 0 Å². The molecule has 0 saturated heterocycles. The lowest BCUT2D eigenvalue weighted by molar-refractivity contribution is 0.171. The summed E-state index contributed by atoms with van der Waals surface area (Å²) in [7, 11) is 0. The van der Waals surface area contributed by atoms with E-state index < -0.39 is 6.10 Å². The molecule has 1 unspecified atom stereocenters. The van der Waals surface area contributed by atoms with E-state index in [0.29, 0.717) is 6.54 Å². The number of benzene rings is 2. The van der Waals surface area contributed by atoms with Crippen molar-refractivity contribution in [2.45, 2.75) is 19.1 Å². The quantitative estimate of drug-likeness (QED) is 0.877. The van der Waals surface area contributed by atoms with Crippen molar-refractivity contribution in [2.24, 2.45) is 0 Å². The molecule has 0 heterocycles. The van der Waals surface area contributed by atoms with Crippen molar-refractivity contribution < 1.29 is 5.11 Å². The van der Waals surface area contributed by atoms with Gasteiger partial charge in [-0.05, 0) is 30.2 Å². The highest BCUT2D eigenvalue weighted by Crippen LogP contribution is 2.18. The fourth-order valence-corrected chi connectivity index (χ4v) is 2.22. The first kappa shape index (κ1) is 14.3. The molecule has 0 aliphatic rings.